The van der Waals surface area contributed by atoms with E-state index in [4.69, 9.17) is 0 Å². The predicted molar refractivity (Wildman–Crippen MR) is 107 cm³/mol. The molecular weight excluding hydrogens is 413 g/mol. The molecule has 1 aliphatic carbocycles. The van der Waals surface area contributed by atoms with Crippen LogP contribution in [0.5, 0.6) is 0 Å². The van der Waals surface area contributed by atoms with Crippen LogP contribution in [0.15, 0.2) is 34.4 Å². The van der Waals surface area contributed by atoms with Gasteiger partial charge in [0.15, 0.2) is 16.4 Å². The van der Waals surface area contributed by atoms with Crippen LogP contribution in [0.25, 0.3) is 11.2 Å². The van der Waals surface area contributed by atoms with Crippen molar-refractivity contribution in [1.82, 2.24) is 25.1 Å². The Morgan fingerprint density at radius 2 is 1.83 bits per heavy atom. The van der Waals surface area contributed by atoms with Gasteiger partial charge in [0.2, 0.25) is 0 Å². The zero-order valence-corrected chi connectivity index (χ0v) is 17.1. The highest BCUT2D eigenvalue weighted by molar-refractivity contribution is 7.99. The average Bonchev–Trinajstić information content (AvgIpc) is 3.35. The van der Waals surface area contributed by atoms with Crippen LogP contribution in [0.1, 0.15) is 44.2 Å². The van der Waals surface area contributed by atoms with Gasteiger partial charge in [-0.05, 0) is 43.2 Å². The number of aromatic amines is 1. The van der Waals surface area contributed by atoms with Gasteiger partial charge in [0.05, 0.1) is 6.20 Å². The van der Waals surface area contributed by atoms with E-state index in [9.17, 15) is 13.2 Å². The number of hydrogen-bond donors (Lipinski definition) is 1. The van der Waals surface area contributed by atoms with E-state index >= 15 is 0 Å². The summed E-state index contributed by atoms with van der Waals surface area (Å²) in [4.78, 5) is 14.8. The molecule has 30 heavy (non-hydrogen) atoms. The molecule has 2 aliphatic rings. The van der Waals surface area contributed by atoms with E-state index in [1.165, 1.54) is 50.7 Å². The molecule has 0 unspecified atom stereocenters. The fraction of sp³-hybridized carbons (Fsp3) is 0.500. The number of rotatable bonds is 3. The van der Waals surface area contributed by atoms with Gasteiger partial charge in [-0.1, -0.05) is 24.6 Å². The maximum absolute atomic E-state index is 13.2. The molecule has 3 aromatic heterocycles. The molecule has 0 amide bonds. The van der Waals surface area contributed by atoms with Crippen LogP contribution in [0.3, 0.4) is 0 Å². The summed E-state index contributed by atoms with van der Waals surface area (Å²) in [6.07, 6.45) is 6.01. The van der Waals surface area contributed by atoms with Gasteiger partial charge in [0.25, 0.3) is 0 Å². The van der Waals surface area contributed by atoms with E-state index in [0.717, 1.165) is 36.9 Å². The van der Waals surface area contributed by atoms with Crippen molar-refractivity contribution in [2.45, 2.75) is 54.6 Å². The lowest BCUT2D eigenvalue weighted by Gasteiger charge is -2.39. The molecule has 1 saturated carbocycles. The zero-order valence-electron chi connectivity index (χ0n) is 16.2. The highest BCUT2D eigenvalue weighted by Crippen LogP contribution is 2.46. The molecule has 3 aromatic rings. The van der Waals surface area contributed by atoms with Crippen molar-refractivity contribution in [3.8, 4) is 0 Å². The Hall–Kier alpha value is -2.36. The fourth-order valence-electron chi connectivity index (χ4n) is 4.62. The standard InChI is InChI=1S/C20H21F3N6S/c21-20(22,23)16-13(4-3-9-24-16)30-18-15-17(27-28-18)26-14(12-25-15)29-10-7-19(8-11-29)5-1-2-6-19/h3-4,9,12H,1-2,5-8,10-11H2,(H,26,27,28). The molecule has 0 radical (unpaired) electrons. The number of aromatic nitrogens is 5. The summed E-state index contributed by atoms with van der Waals surface area (Å²) in [5, 5.41) is 7.33. The van der Waals surface area contributed by atoms with E-state index in [-0.39, 0.29) is 4.90 Å². The van der Waals surface area contributed by atoms with Crippen LogP contribution in [0.2, 0.25) is 0 Å². The van der Waals surface area contributed by atoms with E-state index in [1.54, 1.807) is 6.20 Å². The van der Waals surface area contributed by atoms with Crippen LogP contribution in [0.4, 0.5) is 19.0 Å². The molecule has 1 aliphatic heterocycles. The predicted octanol–water partition coefficient (Wildman–Crippen LogP) is 5.08. The van der Waals surface area contributed by atoms with Crippen LogP contribution < -0.4 is 4.90 Å². The molecule has 5 rings (SSSR count). The second kappa shape index (κ2) is 7.40. The number of anilines is 1. The number of hydrogen-bond acceptors (Lipinski definition) is 6. The van der Waals surface area contributed by atoms with Gasteiger partial charge < -0.3 is 4.90 Å². The molecule has 6 nitrogen and oxygen atoms in total. The molecule has 0 atom stereocenters. The van der Waals surface area contributed by atoms with Gasteiger partial charge in [0.1, 0.15) is 11.3 Å². The third-order valence-electron chi connectivity index (χ3n) is 6.28. The lowest BCUT2D eigenvalue weighted by Crippen LogP contribution is -2.39. The van der Waals surface area contributed by atoms with Crippen molar-refractivity contribution in [2.75, 3.05) is 18.0 Å². The van der Waals surface area contributed by atoms with E-state index < -0.39 is 11.9 Å². The Morgan fingerprint density at radius 1 is 1.07 bits per heavy atom. The first kappa shape index (κ1) is 19.6. The minimum Gasteiger partial charge on any atom is -0.355 e. The lowest BCUT2D eigenvalue weighted by atomic mass is 9.77. The Bertz CT molecular complexity index is 1050. The van der Waals surface area contributed by atoms with Crippen LogP contribution in [0, 0.1) is 5.41 Å². The molecular formula is C20H21F3N6S. The molecule has 0 bridgehead atoms. The molecule has 0 aromatic carbocycles. The quantitative estimate of drug-likeness (QED) is 0.620. The summed E-state index contributed by atoms with van der Waals surface area (Å²) in [6, 6.07) is 2.86. The number of nitrogens with one attached hydrogen (secondary N) is 1. The number of nitrogens with zero attached hydrogens (tertiary/aromatic N) is 5. The van der Waals surface area contributed by atoms with E-state index in [2.05, 4.69) is 30.0 Å². The summed E-state index contributed by atoms with van der Waals surface area (Å²) in [5.74, 6) is 0.785. The zero-order chi connectivity index (χ0) is 20.8. The van der Waals surface area contributed by atoms with E-state index in [0.29, 0.717) is 21.6 Å². The first-order valence-corrected chi connectivity index (χ1v) is 10.9. The number of H-pyrrole nitrogens is 1. The largest absolute Gasteiger partial charge is 0.434 e. The van der Waals surface area contributed by atoms with Crippen molar-refractivity contribution < 1.29 is 13.2 Å². The van der Waals surface area contributed by atoms with Crippen molar-refractivity contribution in [1.29, 1.82) is 0 Å². The minimum atomic E-state index is -4.53. The van der Waals surface area contributed by atoms with E-state index in [1.807, 2.05) is 0 Å². The van der Waals surface area contributed by atoms with Gasteiger partial charge in [-0.15, -0.1) is 0 Å². The maximum Gasteiger partial charge on any atom is 0.434 e. The highest BCUT2D eigenvalue weighted by Gasteiger charge is 2.38. The first-order chi connectivity index (χ1) is 14.4. The second-order valence-electron chi connectivity index (χ2n) is 8.10. The normalized spacial score (nSPS) is 19.1. The van der Waals surface area contributed by atoms with Crippen molar-refractivity contribution in [2.24, 2.45) is 5.41 Å². The molecule has 10 heteroatoms. The smallest absolute Gasteiger partial charge is 0.355 e. The van der Waals surface area contributed by atoms with Gasteiger partial charge in [-0.3, -0.25) is 10.1 Å². The number of halogens is 3. The van der Waals surface area contributed by atoms with Gasteiger partial charge in [0, 0.05) is 24.2 Å². The van der Waals surface area contributed by atoms with Gasteiger partial charge >= 0.3 is 6.18 Å². The lowest BCUT2D eigenvalue weighted by molar-refractivity contribution is -0.143. The summed E-state index contributed by atoms with van der Waals surface area (Å²) in [7, 11) is 0. The number of alkyl halides is 3. The summed E-state index contributed by atoms with van der Waals surface area (Å²) in [5.41, 5.74) is 0.537. The third kappa shape index (κ3) is 3.61. The van der Waals surface area contributed by atoms with Gasteiger partial charge in [-0.25, -0.2) is 9.97 Å². The van der Waals surface area contributed by atoms with Crippen LogP contribution in [-0.2, 0) is 6.18 Å². The van der Waals surface area contributed by atoms with Crippen LogP contribution in [-0.4, -0.2) is 38.2 Å². The number of fused-ring (bicyclic) bond motifs is 1. The summed E-state index contributed by atoms with van der Waals surface area (Å²) >= 11 is 0.890. The topological polar surface area (TPSA) is 70.6 Å². The summed E-state index contributed by atoms with van der Waals surface area (Å²) in [6.45, 7) is 1.92. The average molecular weight is 434 g/mol. The first-order valence-electron chi connectivity index (χ1n) is 10.1. The second-order valence-corrected chi connectivity index (χ2v) is 9.13. The molecule has 4 heterocycles. The highest BCUT2D eigenvalue weighted by atomic mass is 32.2. The molecule has 2 fully saturated rings. The van der Waals surface area contributed by atoms with Crippen molar-refractivity contribution >= 4 is 28.7 Å². The number of piperidine rings is 1. The Morgan fingerprint density at radius 3 is 2.57 bits per heavy atom. The van der Waals surface area contributed by atoms with Crippen molar-refractivity contribution in [3.63, 3.8) is 0 Å². The van der Waals surface area contributed by atoms with Gasteiger partial charge in [-0.2, -0.15) is 18.3 Å². The monoisotopic (exact) mass is 434 g/mol. The maximum atomic E-state index is 13.2. The molecule has 1 N–H and O–H groups in total. The molecule has 1 saturated heterocycles. The number of pyridine rings is 1. The van der Waals surface area contributed by atoms with Crippen LogP contribution >= 0.6 is 11.8 Å². The summed E-state index contributed by atoms with van der Waals surface area (Å²) < 4.78 is 39.7. The Kier molecular flexibility index (Phi) is 4.83. The molecule has 1 spiro atoms. The Labute approximate surface area is 175 Å². The third-order valence-corrected chi connectivity index (χ3v) is 7.31. The molecule has 158 valence electrons. The Balaban J connectivity index is 1.36. The fourth-order valence-corrected chi connectivity index (χ4v) is 5.58. The minimum absolute atomic E-state index is 0.0119. The van der Waals surface area contributed by atoms with Crippen molar-refractivity contribution in [3.05, 3.63) is 30.2 Å². The SMILES string of the molecule is FC(F)(F)c1ncccc1Sc1n[nH]c2nc(N3CCC4(CCCC4)CC3)cnc12.